The second kappa shape index (κ2) is 4.09. The zero-order chi connectivity index (χ0) is 10.7. The van der Waals surface area contributed by atoms with Crippen molar-refractivity contribution < 1.29 is 9.90 Å². The highest BCUT2D eigenvalue weighted by Crippen LogP contribution is 1.99. The fourth-order valence-electron chi connectivity index (χ4n) is 1.28. The first-order valence-electron chi connectivity index (χ1n) is 4.56. The Hall–Kier alpha value is -1.58. The molecule has 76 valence electrons. The molecule has 4 nitrogen and oxygen atoms in total. The summed E-state index contributed by atoms with van der Waals surface area (Å²) in [5, 5.41) is 8.79. The summed E-state index contributed by atoms with van der Waals surface area (Å²) >= 11 is 0. The predicted molar refractivity (Wildman–Crippen MR) is 52.7 cm³/mol. The largest absolute Gasteiger partial charge is 0.477 e. The van der Waals surface area contributed by atoms with Gasteiger partial charge in [0.25, 0.3) is 0 Å². The van der Waals surface area contributed by atoms with E-state index in [9.17, 15) is 9.59 Å². The first-order chi connectivity index (χ1) is 6.60. The van der Waals surface area contributed by atoms with Crippen molar-refractivity contribution in [3.05, 3.63) is 33.7 Å². The monoisotopic (exact) mass is 195 g/mol. The summed E-state index contributed by atoms with van der Waals surface area (Å²) in [5.41, 5.74) is 0.0302. The highest BCUT2D eigenvalue weighted by atomic mass is 16.4. The lowest BCUT2D eigenvalue weighted by molar-refractivity contribution is 0.0694. The minimum absolute atomic E-state index is 0.147. The molecule has 0 saturated carbocycles. The van der Waals surface area contributed by atoms with Gasteiger partial charge in [0.05, 0.1) is 0 Å². The van der Waals surface area contributed by atoms with Gasteiger partial charge in [-0.3, -0.25) is 4.79 Å². The van der Waals surface area contributed by atoms with E-state index in [1.165, 1.54) is 6.20 Å². The minimum atomic E-state index is -1.16. The second-order valence-corrected chi connectivity index (χ2v) is 3.02. The summed E-state index contributed by atoms with van der Waals surface area (Å²) in [6.07, 6.45) is 3.64. The number of aromatic carboxylic acids is 1. The third kappa shape index (κ3) is 1.84. The van der Waals surface area contributed by atoms with E-state index in [1.807, 2.05) is 13.8 Å². The van der Waals surface area contributed by atoms with Gasteiger partial charge in [-0.2, -0.15) is 0 Å². The molecule has 0 aliphatic carbocycles. The maximum absolute atomic E-state index is 11.5. The van der Waals surface area contributed by atoms with E-state index < -0.39 is 5.97 Å². The van der Waals surface area contributed by atoms with Gasteiger partial charge >= 0.3 is 5.97 Å². The Labute approximate surface area is 81.8 Å². The molecule has 1 N–H and O–H groups in total. The van der Waals surface area contributed by atoms with E-state index in [4.69, 9.17) is 5.11 Å². The molecule has 1 rings (SSSR count). The molecule has 0 amide bonds. The molecule has 0 atom stereocenters. The smallest absolute Gasteiger partial charge is 0.341 e. The Morgan fingerprint density at radius 1 is 1.43 bits per heavy atom. The van der Waals surface area contributed by atoms with Crippen molar-refractivity contribution in [1.82, 2.24) is 4.57 Å². The van der Waals surface area contributed by atoms with Crippen molar-refractivity contribution in [3.8, 4) is 0 Å². The normalized spacial score (nSPS) is 10.1. The van der Waals surface area contributed by atoms with E-state index in [-0.39, 0.29) is 11.0 Å². The zero-order valence-electron chi connectivity index (χ0n) is 8.28. The van der Waals surface area contributed by atoms with Gasteiger partial charge in [-0.25, -0.2) is 4.79 Å². The topological polar surface area (TPSA) is 59.3 Å². The van der Waals surface area contributed by atoms with E-state index in [1.54, 1.807) is 10.8 Å². The van der Waals surface area contributed by atoms with Crippen LogP contribution in [0.5, 0.6) is 0 Å². The lowest BCUT2D eigenvalue weighted by atomic mass is 10.1. The van der Waals surface area contributed by atoms with Crippen LogP contribution in [0.3, 0.4) is 0 Å². The van der Waals surface area contributed by atoms with Crippen molar-refractivity contribution in [3.63, 3.8) is 0 Å². The predicted octanol–water partition coefficient (Wildman–Crippen LogP) is 1.13. The van der Waals surface area contributed by atoms with Crippen LogP contribution in [-0.4, -0.2) is 15.6 Å². The number of aromatic nitrogens is 1. The van der Waals surface area contributed by atoms with Gasteiger partial charge in [0, 0.05) is 24.5 Å². The van der Waals surface area contributed by atoms with Crippen LogP contribution in [0.15, 0.2) is 17.2 Å². The first kappa shape index (κ1) is 10.5. The summed E-state index contributed by atoms with van der Waals surface area (Å²) in [6, 6.07) is 0. The fourth-order valence-corrected chi connectivity index (χ4v) is 1.28. The molecule has 0 radical (unpaired) electrons. The SMILES string of the molecule is CCc1cn(CC)cc(C(=O)O)c1=O. The molecular weight excluding hydrogens is 182 g/mol. The van der Waals surface area contributed by atoms with E-state index in [0.29, 0.717) is 18.5 Å². The van der Waals surface area contributed by atoms with Gasteiger partial charge in [-0.15, -0.1) is 0 Å². The average Bonchev–Trinajstić information content (AvgIpc) is 2.17. The van der Waals surface area contributed by atoms with E-state index >= 15 is 0 Å². The van der Waals surface area contributed by atoms with Crippen LogP contribution >= 0.6 is 0 Å². The van der Waals surface area contributed by atoms with Gasteiger partial charge in [0.2, 0.25) is 0 Å². The summed E-state index contributed by atoms with van der Waals surface area (Å²) in [4.78, 5) is 22.3. The summed E-state index contributed by atoms with van der Waals surface area (Å²) < 4.78 is 1.71. The van der Waals surface area contributed by atoms with E-state index in [0.717, 1.165) is 0 Å². The Balaban J connectivity index is 3.42. The molecule has 1 aromatic heterocycles. The molecule has 1 heterocycles. The van der Waals surface area contributed by atoms with Gasteiger partial charge < -0.3 is 9.67 Å². The lowest BCUT2D eigenvalue weighted by Crippen LogP contribution is -2.21. The Morgan fingerprint density at radius 3 is 2.50 bits per heavy atom. The van der Waals surface area contributed by atoms with Gasteiger partial charge in [0.1, 0.15) is 5.56 Å². The first-order valence-corrected chi connectivity index (χ1v) is 4.56. The molecule has 14 heavy (non-hydrogen) atoms. The number of hydrogen-bond acceptors (Lipinski definition) is 2. The second-order valence-electron chi connectivity index (χ2n) is 3.02. The van der Waals surface area contributed by atoms with Gasteiger partial charge in [-0.05, 0) is 13.3 Å². The highest BCUT2D eigenvalue weighted by molar-refractivity contribution is 5.87. The maximum atomic E-state index is 11.5. The molecule has 0 aromatic carbocycles. The van der Waals surface area contributed by atoms with E-state index in [2.05, 4.69) is 0 Å². The van der Waals surface area contributed by atoms with Crippen LogP contribution in [0.25, 0.3) is 0 Å². The Morgan fingerprint density at radius 2 is 2.07 bits per heavy atom. The molecular formula is C10H13NO3. The number of carboxylic acid groups (broad SMARTS) is 1. The molecule has 4 heteroatoms. The highest BCUT2D eigenvalue weighted by Gasteiger charge is 2.11. The van der Waals surface area contributed by atoms with Crippen LogP contribution in [0.2, 0.25) is 0 Å². The molecule has 0 unspecified atom stereocenters. The van der Waals surface area contributed by atoms with Gasteiger partial charge in [0.15, 0.2) is 5.43 Å². The number of pyridine rings is 1. The number of carboxylic acids is 1. The zero-order valence-corrected chi connectivity index (χ0v) is 8.28. The third-order valence-corrected chi connectivity index (χ3v) is 2.13. The molecule has 0 saturated heterocycles. The van der Waals surface area contributed by atoms with Crippen molar-refractivity contribution in [2.75, 3.05) is 0 Å². The molecule has 0 fully saturated rings. The lowest BCUT2D eigenvalue weighted by Gasteiger charge is -2.06. The standard InChI is InChI=1S/C10H13NO3/c1-3-7-5-11(4-2)6-8(9(7)12)10(13)14/h5-6H,3-4H2,1-2H3,(H,13,14). The Bertz CT molecular complexity index is 406. The number of carbonyl (C=O) groups is 1. The maximum Gasteiger partial charge on any atom is 0.341 e. The molecule has 0 spiro atoms. The quantitative estimate of drug-likeness (QED) is 0.786. The van der Waals surface area contributed by atoms with Crippen LogP contribution in [-0.2, 0) is 13.0 Å². The summed E-state index contributed by atoms with van der Waals surface area (Å²) in [5.74, 6) is -1.16. The van der Waals surface area contributed by atoms with Crippen LogP contribution in [0, 0.1) is 0 Å². The number of rotatable bonds is 3. The number of hydrogen-bond donors (Lipinski definition) is 1. The van der Waals surface area contributed by atoms with Crippen LogP contribution in [0.4, 0.5) is 0 Å². The fraction of sp³-hybridized carbons (Fsp3) is 0.400. The van der Waals surface area contributed by atoms with Crippen molar-refractivity contribution in [1.29, 1.82) is 0 Å². The average molecular weight is 195 g/mol. The molecule has 0 aliphatic heterocycles. The summed E-state index contributed by atoms with van der Waals surface area (Å²) in [7, 11) is 0. The number of nitrogens with zero attached hydrogens (tertiary/aromatic N) is 1. The van der Waals surface area contributed by atoms with Crippen LogP contribution in [0.1, 0.15) is 29.8 Å². The summed E-state index contributed by atoms with van der Waals surface area (Å²) in [6.45, 7) is 4.39. The van der Waals surface area contributed by atoms with Crippen molar-refractivity contribution in [2.24, 2.45) is 0 Å². The third-order valence-electron chi connectivity index (χ3n) is 2.13. The number of aryl methyl sites for hydroxylation is 2. The van der Waals surface area contributed by atoms with Crippen LogP contribution < -0.4 is 5.43 Å². The Kier molecular flexibility index (Phi) is 3.06. The van der Waals surface area contributed by atoms with Crippen molar-refractivity contribution >= 4 is 5.97 Å². The van der Waals surface area contributed by atoms with Gasteiger partial charge in [-0.1, -0.05) is 6.92 Å². The minimum Gasteiger partial charge on any atom is -0.477 e. The molecule has 0 aliphatic rings. The molecule has 0 bridgehead atoms. The molecule has 1 aromatic rings. The van der Waals surface area contributed by atoms with Crippen molar-refractivity contribution in [2.45, 2.75) is 26.8 Å².